The second kappa shape index (κ2) is 10.2. The minimum Gasteiger partial charge on any atom is -0.464 e. The lowest BCUT2D eigenvalue weighted by atomic mass is 10.2. The van der Waals surface area contributed by atoms with E-state index in [-0.39, 0.29) is 6.54 Å². The lowest BCUT2D eigenvalue weighted by molar-refractivity contribution is -0.122. The van der Waals surface area contributed by atoms with Crippen molar-refractivity contribution >= 4 is 60.9 Å². The van der Waals surface area contributed by atoms with Gasteiger partial charge in [0.25, 0.3) is 0 Å². The van der Waals surface area contributed by atoms with E-state index < -0.39 is 20.5 Å². The van der Waals surface area contributed by atoms with Crippen LogP contribution in [0.5, 0.6) is 11.5 Å². The molecular formula is C27H26ClN5O5S. The number of sulfone groups is 1. The SMILES string of the molecule is CC(C)(C(=O)NCCn1ccc2ncnc(Nc3ccc(Oc4cccc5occc45)c(Cl)c3)c21)S(C)(=O)=O. The van der Waals surface area contributed by atoms with Gasteiger partial charge >= 0.3 is 0 Å². The van der Waals surface area contributed by atoms with Crippen LogP contribution in [0.3, 0.4) is 0 Å². The second-order valence-corrected chi connectivity index (χ2v) is 12.4. The van der Waals surface area contributed by atoms with Crippen molar-refractivity contribution in [1.82, 2.24) is 19.9 Å². The van der Waals surface area contributed by atoms with E-state index in [1.807, 2.05) is 47.2 Å². The van der Waals surface area contributed by atoms with Crippen LogP contribution >= 0.6 is 11.6 Å². The summed E-state index contributed by atoms with van der Waals surface area (Å²) >= 11 is 6.56. The number of ether oxygens (including phenoxy) is 1. The van der Waals surface area contributed by atoms with Gasteiger partial charge in [0, 0.05) is 31.2 Å². The highest BCUT2D eigenvalue weighted by Gasteiger charge is 2.38. The highest BCUT2D eigenvalue weighted by atomic mass is 35.5. The third-order valence-electron chi connectivity index (χ3n) is 6.53. The molecule has 0 aliphatic heterocycles. The smallest absolute Gasteiger partial charge is 0.240 e. The largest absolute Gasteiger partial charge is 0.464 e. The molecule has 0 saturated carbocycles. The maximum atomic E-state index is 12.5. The molecule has 2 aromatic carbocycles. The first kappa shape index (κ1) is 26.5. The summed E-state index contributed by atoms with van der Waals surface area (Å²) < 4.78 is 35.7. The van der Waals surface area contributed by atoms with Gasteiger partial charge in [-0.1, -0.05) is 17.7 Å². The Balaban J connectivity index is 1.32. The number of amides is 1. The van der Waals surface area contributed by atoms with Crippen molar-refractivity contribution in [3.8, 4) is 11.5 Å². The van der Waals surface area contributed by atoms with Crippen molar-refractivity contribution in [2.75, 3.05) is 18.1 Å². The van der Waals surface area contributed by atoms with Crippen LogP contribution in [0.15, 0.2) is 71.7 Å². The average Bonchev–Trinajstić information content (AvgIpc) is 3.53. The van der Waals surface area contributed by atoms with Crippen molar-refractivity contribution in [2.45, 2.75) is 25.1 Å². The molecule has 0 unspecified atom stereocenters. The first-order valence-corrected chi connectivity index (χ1v) is 14.3. The molecule has 39 heavy (non-hydrogen) atoms. The molecule has 3 aromatic heterocycles. The predicted molar refractivity (Wildman–Crippen MR) is 150 cm³/mol. The molecule has 2 N–H and O–H groups in total. The Morgan fingerprint density at radius 3 is 2.72 bits per heavy atom. The topological polar surface area (TPSA) is 128 Å². The molecule has 5 rings (SSSR count). The van der Waals surface area contributed by atoms with E-state index in [1.165, 1.54) is 20.2 Å². The molecular weight excluding hydrogens is 542 g/mol. The van der Waals surface area contributed by atoms with E-state index in [0.717, 1.165) is 22.7 Å². The van der Waals surface area contributed by atoms with Crippen LogP contribution < -0.4 is 15.4 Å². The standard InChI is InChI=1S/C27H26ClN5O5S/c1-27(2,39(3,35)36)26(34)29-11-13-33-12-9-20-24(33)25(31-16-30-20)32-17-7-8-23(19(28)15-17)38-22-6-4-5-21-18(22)10-14-37-21/h4-10,12,14-16H,11,13H2,1-3H3,(H,29,34)(H,30,31,32). The molecule has 202 valence electrons. The average molecular weight is 568 g/mol. The number of fused-ring (bicyclic) bond motifs is 2. The van der Waals surface area contributed by atoms with Crippen LogP contribution in [-0.4, -0.2) is 46.4 Å². The summed E-state index contributed by atoms with van der Waals surface area (Å²) in [6.45, 7) is 3.37. The lowest BCUT2D eigenvalue weighted by Gasteiger charge is -2.21. The minimum absolute atomic E-state index is 0.219. The predicted octanol–water partition coefficient (Wildman–Crippen LogP) is 5.31. The molecule has 0 fully saturated rings. The Morgan fingerprint density at radius 2 is 1.95 bits per heavy atom. The monoisotopic (exact) mass is 567 g/mol. The molecule has 0 spiro atoms. The number of carbonyl (C=O) groups excluding carboxylic acids is 1. The van der Waals surface area contributed by atoms with Gasteiger partial charge in [-0.15, -0.1) is 0 Å². The zero-order chi connectivity index (χ0) is 27.8. The van der Waals surface area contributed by atoms with Gasteiger partial charge in [-0.05, 0) is 56.3 Å². The van der Waals surface area contributed by atoms with Gasteiger partial charge in [0.1, 0.15) is 33.7 Å². The molecule has 3 heterocycles. The number of halogens is 1. The van der Waals surface area contributed by atoms with Crippen molar-refractivity contribution in [3.05, 3.63) is 72.3 Å². The summed E-state index contributed by atoms with van der Waals surface area (Å²) in [6, 6.07) is 14.5. The number of hydrogen-bond acceptors (Lipinski definition) is 8. The van der Waals surface area contributed by atoms with Crippen molar-refractivity contribution < 1.29 is 22.4 Å². The van der Waals surface area contributed by atoms with Crippen LogP contribution in [0, 0.1) is 0 Å². The zero-order valence-electron chi connectivity index (χ0n) is 21.4. The van der Waals surface area contributed by atoms with Crippen LogP contribution in [-0.2, 0) is 21.2 Å². The van der Waals surface area contributed by atoms with Crippen molar-refractivity contribution in [3.63, 3.8) is 0 Å². The Labute approximate surface area is 229 Å². The first-order chi connectivity index (χ1) is 18.5. The third-order valence-corrected chi connectivity index (χ3v) is 8.87. The number of nitrogens with zero attached hydrogens (tertiary/aromatic N) is 3. The quantitative estimate of drug-likeness (QED) is 0.245. The van der Waals surface area contributed by atoms with Gasteiger partial charge in [-0.3, -0.25) is 4.79 Å². The number of anilines is 2. The number of aromatic nitrogens is 3. The second-order valence-electron chi connectivity index (χ2n) is 9.46. The summed E-state index contributed by atoms with van der Waals surface area (Å²) in [7, 11) is -3.57. The normalized spacial score (nSPS) is 12.1. The van der Waals surface area contributed by atoms with Crippen molar-refractivity contribution in [2.24, 2.45) is 0 Å². The summed E-state index contributed by atoms with van der Waals surface area (Å²) in [5, 5.41) is 7.23. The van der Waals surface area contributed by atoms with Gasteiger partial charge < -0.3 is 24.4 Å². The number of carbonyl (C=O) groups is 1. The fourth-order valence-corrected chi connectivity index (χ4v) is 4.58. The molecule has 10 nitrogen and oxygen atoms in total. The summed E-state index contributed by atoms with van der Waals surface area (Å²) in [5.74, 6) is 1.10. The number of hydrogen-bond donors (Lipinski definition) is 2. The fraction of sp³-hybridized carbons (Fsp3) is 0.222. The van der Waals surface area contributed by atoms with Crippen LogP contribution in [0.2, 0.25) is 5.02 Å². The molecule has 0 atom stereocenters. The zero-order valence-corrected chi connectivity index (χ0v) is 23.0. The number of benzene rings is 2. The van der Waals surface area contributed by atoms with Gasteiger partial charge in [0.2, 0.25) is 5.91 Å². The Kier molecular flexibility index (Phi) is 6.96. The maximum absolute atomic E-state index is 12.5. The molecule has 0 saturated heterocycles. The van der Waals surface area contributed by atoms with E-state index in [0.29, 0.717) is 40.1 Å². The molecule has 0 radical (unpaired) electrons. The summed E-state index contributed by atoms with van der Waals surface area (Å²) in [6.07, 6.45) is 5.94. The number of rotatable bonds is 9. The summed E-state index contributed by atoms with van der Waals surface area (Å²) in [4.78, 5) is 21.2. The number of nitrogens with one attached hydrogen (secondary N) is 2. The van der Waals surface area contributed by atoms with Gasteiger partial charge in [-0.2, -0.15) is 0 Å². The number of furan rings is 1. The van der Waals surface area contributed by atoms with Gasteiger partial charge in [0.15, 0.2) is 15.7 Å². The Morgan fingerprint density at radius 1 is 1.13 bits per heavy atom. The highest BCUT2D eigenvalue weighted by molar-refractivity contribution is 7.92. The van der Waals surface area contributed by atoms with E-state index >= 15 is 0 Å². The molecule has 12 heteroatoms. The Bertz CT molecular complexity index is 1800. The fourth-order valence-electron chi connectivity index (χ4n) is 3.95. The van der Waals surface area contributed by atoms with Crippen LogP contribution in [0.1, 0.15) is 13.8 Å². The third kappa shape index (κ3) is 5.27. The van der Waals surface area contributed by atoms with Gasteiger partial charge in [-0.25, -0.2) is 18.4 Å². The molecule has 0 aliphatic rings. The van der Waals surface area contributed by atoms with Crippen molar-refractivity contribution in [1.29, 1.82) is 0 Å². The molecule has 1 amide bonds. The maximum Gasteiger partial charge on any atom is 0.240 e. The summed E-state index contributed by atoms with van der Waals surface area (Å²) in [5.41, 5.74) is 2.83. The van der Waals surface area contributed by atoms with E-state index in [2.05, 4.69) is 20.6 Å². The molecule has 0 bridgehead atoms. The highest BCUT2D eigenvalue weighted by Crippen LogP contribution is 2.36. The minimum atomic E-state index is -3.57. The first-order valence-electron chi connectivity index (χ1n) is 12.0. The Hall–Kier alpha value is -4.09. The van der Waals surface area contributed by atoms with E-state index in [4.69, 9.17) is 20.8 Å². The van der Waals surface area contributed by atoms with E-state index in [1.54, 1.807) is 18.4 Å². The van der Waals surface area contributed by atoms with Crippen LogP contribution in [0.4, 0.5) is 11.5 Å². The van der Waals surface area contributed by atoms with Crippen LogP contribution in [0.25, 0.3) is 22.0 Å². The van der Waals surface area contributed by atoms with E-state index in [9.17, 15) is 13.2 Å². The molecule has 5 aromatic rings. The lowest BCUT2D eigenvalue weighted by Crippen LogP contribution is -2.48. The van der Waals surface area contributed by atoms with Gasteiger partial charge in [0.05, 0.1) is 22.2 Å². The molecule has 0 aliphatic carbocycles.